The molecule has 0 bridgehead atoms. The Balaban J connectivity index is 1.68. The Morgan fingerprint density at radius 1 is 1.19 bits per heavy atom. The predicted molar refractivity (Wildman–Crippen MR) is 129 cm³/mol. The smallest absolute Gasteiger partial charge is 0.375 e. The average Bonchev–Trinajstić information content (AvgIpc) is 3.46. The number of rotatable bonds is 7. The lowest BCUT2D eigenvalue weighted by atomic mass is 10.0. The van der Waals surface area contributed by atoms with Crippen LogP contribution in [0, 0.1) is 24.2 Å². The van der Waals surface area contributed by atoms with E-state index < -0.39 is 55.2 Å². The van der Waals surface area contributed by atoms with Crippen molar-refractivity contribution in [1.82, 2.24) is 10.3 Å². The Morgan fingerprint density at radius 2 is 1.86 bits per heavy atom. The minimum atomic E-state index is -4.92. The number of alkyl halides is 3. The fourth-order valence-corrected chi connectivity index (χ4v) is 6.79. The molecule has 2 aromatic rings. The molecule has 198 valence electrons. The molecule has 1 aromatic heterocycles. The molecule has 0 radical (unpaired) electrons. The summed E-state index contributed by atoms with van der Waals surface area (Å²) in [4.78, 5) is 16.2. The SMILES string of the molecule is Cc1cc(-c2ccc(S(=O)(=O)[C@H]3CC(C(=O)NC4(C#N)CC4)[C@@H](OC(C)C)C3)c(C(F)(F)F)c2)ccn1. The first kappa shape index (κ1) is 27.1. The van der Waals surface area contributed by atoms with E-state index in [2.05, 4.69) is 16.4 Å². The summed E-state index contributed by atoms with van der Waals surface area (Å²) in [5.74, 6) is -1.41. The fourth-order valence-electron chi connectivity index (χ4n) is 4.79. The normalized spacial score (nSPS) is 23.0. The zero-order valence-electron chi connectivity index (χ0n) is 20.7. The van der Waals surface area contributed by atoms with Crippen LogP contribution < -0.4 is 5.32 Å². The Morgan fingerprint density at radius 3 is 2.43 bits per heavy atom. The first-order chi connectivity index (χ1) is 17.3. The van der Waals surface area contributed by atoms with Gasteiger partial charge in [0.15, 0.2) is 9.84 Å². The largest absolute Gasteiger partial charge is 0.417 e. The van der Waals surface area contributed by atoms with Gasteiger partial charge >= 0.3 is 6.18 Å². The second kappa shape index (κ2) is 9.72. The van der Waals surface area contributed by atoms with Crippen LogP contribution in [0.15, 0.2) is 41.4 Å². The molecule has 1 unspecified atom stereocenters. The third kappa shape index (κ3) is 5.65. The van der Waals surface area contributed by atoms with E-state index in [1.54, 1.807) is 32.9 Å². The van der Waals surface area contributed by atoms with E-state index in [0.717, 1.165) is 12.1 Å². The number of nitriles is 1. The van der Waals surface area contributed by atoms with Crippen molar-refractivity contribution in [1.29, 1.82) is 5.26 Å². The zero-order chi connectivity index (χ0) is 27.2. The van der Waals surface area contributed by atoms with Crippen molar-refractivity contribution in [2.75, 3.05) is 0 Å². The van der Waals surface area contributed by atoms with E-state index in [4.69, 9.17) is 4.74 Å². The number of benzene rings is 1. The molecule has 2 fully saturated rings. The fraction of sp³-hybridized carbons (Fsp3) is 0.500. The van der Waals surface area contributed by atoms with Gasteiger partial charge in [0.1, 0.15) is 5.54 Å². The molecular weight excluding hydrogens is 507 g/mol. The van der Waals surface area contributed by atoms with Gasteiger partial charge in [-0.2, -0.15) is 18.4 Å². The first-order valence-electron chi connectivity index (χ1n) is 12.0. The van der Waals surface area contributed by atoms with E-state index in [-0.39, 0.29) is 24.5 Å². The minimum Gasteiger partial charge on any atom is -0.375 e. The van der Waals surface area contributed by atoms with Crippen molar-refractivity contribution >= 4 is 15.7 Å². The molecule has 37 heavy (non-hydrogen) atoms. The number of carbonyl (C=O) groups is 1. The van der Waals surface area contributed by atoms with E-state index in [1.807, 2.05) is 0 Å². The lowest BCUT2D eigenvalue weighted by Gasteiger charge is -2.22. The van der Waals surface area contributed by atoms with Crippen LogP contribution in [-0.2, 0) is 25.5 Å². The number of aryl methyl sites for hydroxylation is 1. The van der Waals surface area contributed by atoms with E-state index in [1.165, 1.54) is 12.3 Å². The maximum atomic E-state index is 14.1. The molecule has 0 saturated heterocycles. The lowest BCUT2D eigenvalue weighted by Crippen LogP contribution is -2.43. The van der Waals surface area contributed by atoms with E-state index in [0.29, 0.717) is 24.1 Å². The number of pyridine rings is 1. The quantitative estimate of drug-likeness (QED) is 0.555. The number of carbonyl (C=O) groups excluding carboxylic acids is 1. The highest BCUT2D eigenvalue weighted by Gasteiger charge is 2.51. The maximum absolute atomic E-state index is 14.1. The summed E-state index contributed by atoms with van der Waals surface area (Å²) in [5, 5.41) is 10.7. The van der Waals surface area contributed by atoms with Crippen molar-refractivity contribution in [3.8, 4) is 17.2 Å². The van der Waals surface area contributed by atoms with Crippen molar-refractivity contribution in [2.45, 2.75) is 80.5 Å². The molecule has 2 saturated carbocycles. The highest BCUT2D eigenvalue weighted by atomic mass is 32.2. The van der Waals surface area contributed by atoms with E-state index in [9.17, 15) is 31.6 Å². The Bertz CT molecular complexity index is 1350. The summed E-state index contributed by atoms with van der Waals surface area (Å²) in [5.41, 5.74) is -0.904. The molecule has 1 heterocycles. The summed E-state index contributed by atoms with van der Waals surface area (Å²) >= 11 is 0. The molecule has 7 nitrogen and oxygen atoms in total. The second-order valence-corrected chi connectivity index (χ2v) is 12.2. The Labute approximate surface area is 214 Å². The van der Waals surface area contributed by atoms with Crippen molar-refractivity contribution < 1.29 is 31.1 Å². The van der Waals surface area contributed by atoms with Crippen LogP contribution in [-0.4, -0.2) is 42.3 Å². The number of aromatic nitrogens is 1. The molecule has 4 rings (SSSR count). The molecule has 0 aliphatic heterocycles. The number of halogens is 3. The van der Waals surface area contributed by atoms with Gasteiger partial charge in [-0.05, 0) is 81.8 Å². The van der Waals surface area contributed by atoms with Crippen LogP contribution in [0.4, 0.5) is 13.2 Å². The molecule has 1 amide bonds. The minimum absolute atomic E-state index is 0.124. The summed E-state index contributed by atoms with van der Waals surface area (Å²) in [6.07, 6.45) is -3.91. The molecule has 3 atom stereocenters. The van der Waals surface area contributed by atoms with E-state index >= 15 is 0 Å². The predicted octanol–water partition coefficient (Wildman–Crippen LogP) is 4.59. The van der Waals surface area contributed by atoms with Gasteiger partial charge in [0.2, 0.25) is 5.91 Å². The summed E-state index contributed by atoms with van der Waals surface area (Å²) in [7, 11) is -4.49. The molecule has 0 spiro atoms. The highest BCUT2D eigenvalue weighted by Crippen LogP contribution is 2.43. The molecule has 1 N–H and O–H groups in total. The standard InChI is InChI=1S/C26H28F3N3O4S/c1-15(2)36-22-13-19(12-20(22)24(33)32-25(14-30)7-8-25)37(34,35)23-5-4-17(11-21(23)26(27,28)29)18-6-9-31-16(3)10-18/h4-6,9-11,15,19-20,22H,7-8,12-13H2,1-3H3,(H,32,33)/t19-,20?,22-/m0/s1. The summed E-state index contributed by atoms with van der Waals surface area (Å²) in [6, 6.07) is 8.41. The van der Waals surface area contributed by atoms with Crippen molar-refractivity contribution in [3.63, 3.8) is 0 Å². The van der Waals surface area contributed by atoms with Crippen LogP contribution in [0.5, 0.6) is 0 Å². The number of nitrogens with zero attached hydrogens (tertiary/aromatic N) is 2. The average molecular weight is 536 g/mol. The third-order valence-electron chi connectivity index (χ3n) is 6.83. The number of nitrogens with one attached hydrogen (secondary N) is 1. The summed E-state index contributed by atoms with van der Waals surface area (Å²) < 4.78 is 75.4. The monoisotopic (exact) mass is 535 g/mol. The molecule has 11 heteroatoms. The Hall–Kier alpha value is -2.97. The van der Waals surface area contributed by atoms with Crippen molar-refractivity contribution in [2.24, 2.45) is 5.92 Å². The van der Waals surface area contributed by atoms with Crippen LogP contribution in [0.25, 0.3) is 11.1 Å². The van der Waals surface area contributed by atoms with Gasteiger partial charge in [0.05, 0.1) is 39.9 Å². The van der Waals surface area contributed by atoms with Gasteiger partial charge in [-0.15, -0.1) is 0 Å². The lowest BCUT2D eigenvalue weighted by molar-refractivity contribution is -0.139. The van der Waals surface area contributed by atoms with Crippen LogP contribution in [0.1, 0.15) is 50.8 Å². The number of sulfone groups is 1. The van der Waals surface area contributed by atoms with Crippen LogP contribution in [0.3, 0.4) is 0 Å². The molecule has 2 aliphatic rings. The van der Waals surface area contributed by atoms with Crippen LogP contribution >= 0.6 is 0 Å². The second-order valence-electron chi connectivity index (χ2n) is 10.0. The van der Waals surface area contributed by atoms with Crippen LogP contribution in [0.2, 0.25) is 0 Å². The van der Waals surface area contributed by atoms with Gasteiger partial charge in [0.25, 0.3) is 0 Å². The molecule has 2 aliphatic carbocycles. The maximum Gasteiger partial charge on any atom is 0.417 e. The van der Waals surface area contributed by atoms with Crippen molar-refractivity contribution in [3.05, 3.63) is 47.8 Å². The van der Waals surface area contributed by atoms with Gasteiger partial charge in [-0.1, -0.05) is 6.07 Å². The van der Waals surface area contributed by atoms with Gasteiger partial charge in [-0.3, -0.25) is 9.78 Å². The molecule has 1 aromatic carbocycles. The van der Waals surface area contributed by atoms with Gasteiger partial charge < -0.3 is 10.1 Å². The highest BCUT2D eigenvalue weighted by molar-refractivity contribution is 7.92. The number of ether oxygens (including phenoxy) is 1. The first-order valence-corrected chi connectivity index (χ1v) is 13.6. The number of hydrogen-bond donors (Lipinski definition) is 1. The topological polar surface area (TPSA) is 109 Å². The third-order valence-corrected chi connectivity index (χ3v) is 9.06. The van der Waals surface area contributed by atoms with Gasteiger partial charge in [0, 0.05) is 11.9 Å². The zero-order valence-corrected chi connectivity index (χ0v) is 21.5. The number of hydrogen-bond acceptors (Lipinski definition) is 6. The Kier molecular flexibility index (Phi) is 7.12. The summed E-state index contributed by atoms with van der Waals surface area (Å²) in [6.45, 7) is 5.17. The number of amides is 1. The van der Waals surface area contributed by atoms with Gasteiger partial charge in [-0.25, -0.2) is 8.42 Å². The molecular formula is C26H28F3N3O4S.